The molecule has 0 aromatic rings. The first-order chi connectivity index (χ1) is 9.72. The summed E-state index contributed by atoms with van der Waals surface area (Å²) in [5, 5.41) is 6.11. The zero-order valence-corrected chi connectivity index (χ0v) is 14.0. The summed E-state index contributed by atoms with van der Waals surface area (Å²) >= 11 is 0. The fraction of sp³-hybridized carbons (Fsp3) is 0.941. The molecule has 0 radical (unpaired) electrons. The molecule has 0 rings (SSSR count). The lowest BCUT2D eigenvalue weighted by atomic mass is 10.1. The van der Waals surface area contributed by atoms with Gasteiger partial charge in [-0.2, -0.15) is 0 Å². The number of hydrogen-bond acceptors (Lipinski definition) is 2. The van der Waals surface area contributed by atoms with Gasteiger partial charge in [0, 0.05) is 6.54 Å². The summed E-state index contributed by atoms with van der Waals surface area (Å²) in [6, 6.07) is -0.0616. The van der Waals surface area contributed by atoms with Crippen LogP contribution in [0, 0.1) is 0 Å². The number of nitrogens with one attached hydrogen (secondary N) is 2. The number of likely N-dealkylation sites (N-methyl/N-ethyl adjacent to an activating group) is 1. The Balaban J connectivity index is 3.18. The summed E-state index contributed by atoms with van der Waals surface area (Å²) < 4.78 is 0. The van der Waals surface area contributed by atoms with Crippen molar-refractivity contribution >= 4 is 5.91 Å². The Morgan fingerprint density at radius 2 is 1.35 bits per heavy atom. The van der Waals surface area contributed by atoms with E-state index in [1.54, 1.807) is 0 Å². The van der Waals surface area contributed by atoms with Gasteiger partial charge in [0.2, 0.25) is 5.91 Å². The molecular weight excluding hydrogens is 248 g/mol. The van der Waals surface area contributed by atoms with E-state index in [-0.39, 0.29) is 11.9 Å². The molecule has 0 saturated heterocycles. The maximum Gasteiger partial charge on any atom is 0.236 e. The molecule has 0 aromatic heterocycles. The quantitative estimate of drug-likeness (QED) is 0.473. The fourth-order valence-electron chi connectivity index (χ4n) is 2.35. The van der Waals surface area contributed by atoms with Crippen LogP contribution in [0.3, 0.4) is 0 Å². The van der Waals surface area contributed by atoms with E-state index >= 15 is 0 Å². The molecule has 3 heteroatoms. The van der Waals surface area contributed by atoms with Crippen LogP contribution in [0.4, 0.5) is 0 Å². The smallest absolute Gasteiger partial charge is 0.236 e. The standard InChI is InChI=1S/C17H36N2O/c1-4-6-7-8-9-10-11-12-13-14-15-19-16(3)17(20)18-5-2/h16,19H,4-15H2,1-3H3,(H,18,20). The highest BCUT2D eigenvalue weighted by molar-refractivity contribution is 5.81. The summed E-state index contributed by atoms with van der Waals surface area (Å²) in [5.74, 6) is 0.111. The third-order valence-corrected chi connectivity index (χ3v) is 3.73. The number of hydrogen-bond donors (Lipinski definition) is 2. The first-order valence-corrected chi connectivity index (χ1v) is 8.73. The van der Waals surface area contributed by atoms with Crippen molar-refractivity contribution in [2.75, 3.05) is 13.1 Å². The van der Waals surface area contributed by atoms with Gasteiger partial charge in [0.15, 0.2) is 0 Å². The van der Waals surface area contributed by atoms with E-state index in [1.807, 2.05) is 13.8 Å². The zero-order chi connectivity index (χ0) is 15.1. The first kappa shape index (κ1) is 19.4. The molecule has 1 amide bonds. The first-order valence-electron chi connectivity index (χ1n) is 8.73. The van der Waals surface area contributed by atoms with Crippen LogP contribution in [-0.2, 0) is 4.79 Å². The molecule has 0 aliphatic carbocycles. The summed E-state index contributed by atoms with van der Waals surface area (Å²) in [4.78, 5) is 11.5. The maximum absolute atomic E-state index is 11.5. The maximum atomic E-state index is 11.5. The summed E-state index contributed by atoms with van der Waals surface area (Å²) in [6.07, 6.45) is 13.5. The van der Waals surface area contributed by atoms with Crippen molar-refractivity contribution in [1.29, 1.82) is 0 Å². The zero-order valence-electron chi connectivity index (χ0n) is 14.0. The van der Waals surface area contributed by atoms with E-state index in [0.29, 0.717) is 6.54 Å². The van der Waals surface area contributed by atoms with Gasteiger partial charge < -0.3 is 10.6 Å². The predicted octanol–water partition coefficient (Wildman–Crippen LogP) is 4.02. The van der Waals surface area contributed by atoms with Gasteiger partial charge in [-0.1, -0.05) is 64.7 Å². The summed E-state index contributed by atoms with van der Waals surface area (Å²) in [6.45, 7) is 7.81. The normalized spacial score (nSPS) is 12.3. The van der Waals surface area contributed by atoms with Crippen LogP contribution in [-0.4, -0.2) is 25.0 Å². The number of rotatable bonds is 14. The summed E-state index contributed by atoms with van der Waals surface area (Å²) in [7, 11) is 0. The Morgan fingerprint density at radius 3 is 1.85 bits per heavy atom. The molecule has 0 saturated carbocycles. The van der Waals surface area contributed by atoms with E-state index in [1.165, 1.54) is 64.2 Å². The second-order valence-corrected chi connectivity index (χ2v) is 5.75. The lowest BCUT2D eigenvalue weighted by Crippen LogP contribution is -2.42. The molecule has 3 nitrogen and oxygen atoms in total. The van der Waals surface area contributed by atoms with Gasteiger partial charge in [0.05, 0.1) is 6.04 Å². The van der Waals surface area contributed by atoms with Crippen LogP contribution in [0.15, 0.2) is 0 Å². The van der Waals surface area contributed by atoms with Crippen molar-refractivity contribution in [2.45, 2.75) is 91.0 Å². The Kier molecular flexibility index (Phi) is 14.4. The lowest BCUT2D eigenvalue weighted by molar-refractivity contribution is -0.122. The van der Waals surface area contributed by atoms with E-state index in [2.05, 4.69) is 17.6 Å². The highest BCUT2D eigenvalue weighted by atomic mass is 16.2. The average Bonchev–Trinajstić information content (AvgIpc) is 2.44. The SMILES string of the molecule is CCCCCCCCCCCCNC(C)C(=O)NCC. The van der Waals surface area contributed by atoms with Gasteiger partial charge >= 0.3 is 0 Å². The second kappa shape index (κ2) is 14.8. The average molecular weight is 284 g/mol. The molecule has 0 aliphatic heterocycles. The minimum atomic E-state index is -0.0616. The fourth-order valence-corrected chi connectivity index (χ4v) is 2.35. The highest BCUT2D eigenvalue weighted by Crippen LogP contribution is 2.10. The van der Waals surface area contributed by atoms with Crippen molar-refractivity contribution in [3.8, 4) is 0 Å². The number of amides is 1. The highest BCUT2D eigenvalue weighted by Gasteiger charge is 2.09. The minimum Gasteiger partial charge on any atom is -0.355 e. The Hall–Kier alpha value is -0.570. The van der Waals surface area contributed by atoms with Crippen molar-refractivity contribution in [3.63, 3.8) is 0 Å². The molecule has 2 N–H and O–H groups in total. The molecular formula is C17H36N2O. The van der Waals surface area contributed by atoms with Gasteiger partial charge in [-0.15, -0.1) is 0 Å². The van der Waals surface area contributed by atoms with Crippen LogP contribution < -0.4 is 10.6 Å². The second-order valence-electron chi connectivity index (χ2n) is 5.75. The molecule has 120 valence electrons. The van der Waals surface area contributed by atoms with E-state index in [0.717, 1.165) is 6.54 Å². The lowest BCUT2D eigenvalue weighted by Gasteiger charge is -2.12. The Bertz CT molecular complexity index is 219. The molecule has 0 aromatic carbocycles. The Labute approximate surface area is 126 Å². The summed E-state index contributed by atoms with van der Waals surface area (Å²) in [5.41, 5.74) is 0. The largest absolute Gasteiger partial charge is 0.355 e. The van der Waals surface area contributed by atoms with Crippen molar-refractivity contribution in [2.24, 2.45) is 0 Å². The number of carbonyl (C=O) groups excluding carboxylic acids is 1. The Morgan fingerprint density at radius 1 is 0.850 bits per heavy atom. The minimum absolute atomic E-state index is 0.0616. The van der Waals surface area contributed by atoms with Crippen LogP contribution in [0.1, 0.15) is 85.0 Å². The monoisotopic (exact) mass is 284 g/mol. The van der Waals surface area contributed by atoms with Gasteiger partial charge in [0.25, 0.3) is 0 Å². The molecule has 1 unspecified atom stereocenters. The van der Waals surface area contributed by atoms with Crippen molar-refractivity contribution in [1.82, 2.24) is 10.6 Å². The van der Waals surface area contributed by atoms with E-state index in [9.17, 15) is 4.79 Å². The molecule has 0 fully saturated rings. The van der Waals surface area contributed by atoms with Gasteiger partial charge in [-0.3, -0.25) is 4.79 Å². The van der Waals surface area contributed by atoms with Crippen molar-refractivity contribution in [3.05, 3.63) is 0 Å². The molecule has 0 bridgehead atoms. The van der Waals surface area contributed by atoms with Crippen LogP contribution in [0.25, 0.3) is 0 Å². The molecule has 0 aliphatic rings. The molecule has 0 spiro atoms. The number of carbonyl (C=O) groups is 1. The molecule has 20 heavy (non-hydrogen) atoms. The van der Waals surface area contributed by atoms with Crippen LogP contribution in [0.5, 0.6) is 0 Å². The van der Waals surface area contributed by atoms with Crippen LogP contribution in [0.2, 0.25) is 0 Å². The third-order valence-electron chi connectivity index (χ3n) is 3.73. The topological polar surface area (TPSA) is 41.1 Å². The van der Waals surface area contributed by atoms with Gasteiger partial charge in [-0.05, 0) is 26.8 Å². The molecule has 1 atom stereocenters. The van der Waals surface area contributed by atoms with Crippen molar-refractivity contribution < 1.29 is 4.79 Å². The van der Waals surface area contributed by atoms with Crippen LogP contribution >= 0.6 is 0 Å². The number of unbranched alkanes of at least 4 members (excludes halogenated alkanes) is 9. The third kappa shape index (κ3) is 12.5. The van der Waals surface area contributed by atoms with Gasteiger partial charge in [-0.25, -0.2) is 0 Å². The van der Waals surface area contributed by atoms with E-state index < -0.39 is 0 Å². The molecule has 0 heterocycles. The van der Waals surface area contributed by atoms with Gasteiger partial charge in [0.1, 0.15) is 0 Å². The predicted molar refractivity (Wildman–Crippen MR) is 88.0 cm³/mol. The van der Waals surface area contributed by atoms with E-state index in [4.69, 9.17) is 0 Å².